The van der Waals surface area contributed by atoms with Crippen molar-refractivity contribution in [2.24, 2.45) is 0 Å². The lowest BCUT2D eigenvalue weighted by Gasteiger charge is -2.44. The minimum absolute atomic E-state index is 0.639. The van der Waals surface area contributed by atoms with Crippen molar-refractivity contribution in [3.63, 3.8) is 0 Å². The maximum Gasteiger partial charge on any atom is 0.125 e. The van der Waals surface area contributed by atoms with Gasteiger partial charge in [-0.3, -0.25) is 0 Å². The number of thiazole rings is 1. The first kappa shape index (κ1) is 11.6. The van der Waals surface area contributed by atoms with Crippen LogP contribution < -0.4 is 0 Å². The third kappa shape index (κ3) is 2.14. The maximum absolute atomic E-state index is 10.7. The smallest absolute Gasteiger partial charge is 0.125 e. The third-order valence-corrected chi connectivity index (χ3v) is 5.36. The molecule has 94 valence electrons. The van der Waals surface area contributed by atoms with Crippen LogP contribution in [0.5, 0.6) is 0 Å². The van der Waals surface area contributed by atoms with Crippen LogP contribution in [0.25, 0.3) is 0 Å². The number of nitrogens with zero attached hydrogens (tertiary/aromatic N) is 2. The highest BCUT2D eigenvalue weighted by molar-refractivity contribution is 7.09. The summed E-state index contributed by atoms with van der Waals surface area (Å²) >= 11 is 1.61. The Morgan fingerprint density at radius 3 is 2.59 bits per heavy atom. The van der Waals surface area contributed by atoms with Crippen LogP contribution in [-0.4, -0.2) is 34.1 Å². The van der Waals surface area contributed by atoms with Crippen molar-refractivity contribution in [2.75, 3.05) is 13.1 Å². The van der Waals surface area contributed by atoms with Gasteiger partial charge < -0.3 is 10.0 Å². The van der Waals surface area contributed by atoms with Gasteiger partial charge in [-0.05, 0) is 52.1 Å². The molecule has 0 unspecified atom stereocenters. The van der Waals surface area contributed by atoms with Gasteiger partial charge in [0.15, 0.2) is 0 Å². The quantitative estimate of drug-likeness (QED) is 0.877. The standard InChI is InChI=1S/C13H20N2OS/c1-10-9-17-12(14-10)13(16)5-3-11(4-6-13)15-7-2-8-15/h9,11,16H,2-8H2,1H3. The second-order valence-corrected chi connectivity index (χ2v) is 6.30. The van der Waals surface area contributed by atoms with E-state index in [1.165, 1.54) is 19.5 Å². The van der Waals surface area contributed by atoms with E-state index in [1.807, 2.05) is 12.3 Å². The summed E-state index contributed by atoms with van der Waals surface area (Å²) in [6.07, 6.45) is 5.35. The lowest BCUT2D eigenvalue weighted by Crippen LogP contribution is -2.48. The Bertz CT molecular complexity index is 392. The molecule has 1 aliphatic heterocycles. The van der Waals surface area contributed by atoms with Gasteiger partial charge in [0, 0.05) is 17.1 Å². The molecule has 0 radical (unpaired) electrons. The summed E-state index contributed by atoms with van der Waals surface area (Å²) in [5.74, 6) is 0. The Morgan fingerprint density at radius 1 is 1.41 bits per heavy atom. The van der Waals surface area contributed by atoms with Crippen LogP contribution in [0.1, 0.15) is 42.8 Å². The molecule has 1 aromatic heterocycles. The molecule has 2 fully saturated rings. The minimum Gasteiger partial charge on any atom is -0.383 e. The Labute approximate surface area is 106 Å². The van der Waals surface area contributed by atoms with E-state index in [2.05, 4.69) is 9.88 Å². The highest BCUT2D eigenvalue weighted by Gasteiger charge is 2.39. The maximum atomic E-state index is 10.7. The summed E-state index contributed by atoms with van der Waals surface area (Å²) in [6, 6.07) is 0.713. The summed E-state index contributed by atoms with van der Waals surface area (Å²) < 4.78 is 0. The van der Waals surface area contributed by atoms with E-state index in [9.17, 15) is 5.11 Å². The summed E-state index contributed by atoms with van der Waals surface area (Å²) in [7, 11) is 0. The van der Waals surface area contributed by atoms with Crippen molar-refractivity contribution < 1.29 is 5.11 Å². The summed E-state index contributed by atoms with van der Waals surface area (Å²) in [5.41, 5.74) is 0.392. The van der Waals surface area contributed by atoms with E-state index in [0.29, 0.717) is 6.04 Å². The van der Waals surface area contributed by atoms with Crippen molar-refractivity contribution in [1.82, 2.24) is 9.88 Å². The molecular formula is C13H20N2OS. The zero-order chi connectivity index (χ0) is 11.9. The zero-order valence-corrected chi connectivity index (χ0v) is 11.2. The SMILES string of the molecule is Cc1csc(C2(O)CCC(N3CCC3)CC2)n1. The molecule has 1 saturated carbocycles. The molecule has 0 atom stereocenters. The first-order valence-corrected chi connectivity index (χ1v) is 7.44. The van der Waals surface area contributed by atoms with Gasteiger partial charge in [-0.15, -0.1) is 11.3 Å². The van der Waals surface area contributed by atoms with Gasteiger partial charge in [0.1, 0.15) is 10.6 Å². The predicted molar refractivity (Wildman–Crippen MR) is 69.2 cm³/mol. The molecule has 1 N–H and O–H groups in total. The molecule has 0 spiro atoms. The second-order valence-electron chi connectivity index (χ2n) is 5.45. The molecule has 1 saturated heterocycles. The van der Waals surface area contributed by atoms with E-state index in [0.717, 1.165) is 36.4 Å². The molecule has 3 rings (SSSR count). The van der Waals surface area contributed by atoms with Crippen molar-refractivity contribution in [3.8, 4) is 0 Å². The van der Waals surface area contributed by atoms with Crippen LogP contribution in [0.2, 0.25) is 0 Å². The lowest BCUT2D eigenvalue weighted by molar-refractivity contribution is -0.0345. The van der Waals surface area contributed by atoms with Gasteiger partial charge in [0.05, 0.1) is 0 Å². The molecule has 0 bridgehead atoms. The number of aromatic nitrogens is 1. The molecule has 17 heavy (non-hydrogen) atoms. The fourth-order valence-electron chi connectivity index (χ4n) is 2.93. The Morgan fingerprint density at radius 2 is 2.12 bits per heavy atom. The molecule has 0 amide bonds. The number of hydrogen-bond acceptors (Lipinski definition) is 4. The van der Waals surface area contributed by atoms with E-state index >= 15 is 0 Å². The average Bonchev–Trinajstić information content (AvgIpc) is 2.67. The van der Waals surface area contributed by atoms with E-state index in [4.69, 9.17) is 0 Å². The first-order chi connectivity index (χ1) is 8.17. The molecule has 0 aromatic carbocycles. The zero-order valence-electron chi connectivity index (χ0n) is 10.4. The highest BCUT2D eigenvalue weighted by Crippen LogP contribution is 2.40. The number of likely N-dealkylation sites (tertiary alicyclic amines) is 1. The van der Waals surface area contributed by atoms with Crippen LogP contribution in [0.15, 0.2) is 5.38 Å². The van der Waals surface area contributed by atoms with Gasteiger partial charge >= 0.3 is 0 Å². The molecule has 4 heteroatoms. The van der Waals surface area contributed by atoms with Crippen LogP contribution >= 0.6 is 11.3 Å². The topological polar surface area (TPSA) is 36.4 Å². The van der Waals surface area contributed by atoms with Crippen molar-refractivity contribution in [3.05, 3.63) is 16.1 Å². The van der Waals surface area contributed by atoms with Gasteiger partial charge in [0.25, 0.3) is 0 Å². The highest BCUT2D eigenvalue weighted by atomic mass is 32.1. The molecule has 2 heterocycles. The van der Waals surface area contributed by atoms with Crippen molar-refractivity contribution in [2.45, 2.75) is 50.7 Å². The normalized spacial score (nSPS) is 34.6. The fourth-order valence-corrected chi connectivity index (χ4v) is 3.89. The average molecular weight is 252 g/mol. The van der Waals surface area contributed by atoms with Crippen LogP contribution in [-0.2, 0) is 5.60 Å². The Balaban J connectivity index is 1.66. The van der Waals surface area contributed by atoms with Gasteiger partial charge in [-0.2, -0.15) is 0 Å². The predicted octanol–water partition coefficient (Wildman–Crippen LogP) is 2.29. The van der Waals surface area contributed by atoms with Crippen molar-refractivity contribution >= 4 is 11.3 Å². The molecule has 1 aliphatic carbocycles. The second kappa shape index (κ2) is 4.34. The van der Waals surface area contributed by atoms with Gasteiger partial charge in [0.2, 0.25) is 0 Å². The van der Waals surface area contributed by atoms with Crippen LogP contribution in [0.3, 0.4) is 0 Å². The Kier molecular flexibility index (Phi) is 2.97. The number of rotatable bonds is 2. The minimum atomic E-state index is -0.639. The summed E-state index contributed by atoms with van der Waals surface area (Å²) in [5, 5.41) is 13.6. The van der Waals surface area contributed by atoms with Crippen molar-refractivity contribution in [1.29, 1.82) is 0 Å². The summed E-state index contributed by atoms with van der Waals surface area (Å²) in [4.78, 5) is 7.03. The summed E-state index contributed by atoms with van der Waals surface area (Å²) in [6.45, 7) is 4.52. The largest absolute Gasteiger partial charge is 0.383 e. The molecule has 1 aromatic rings. The van der Waals surface area contributed by atoms with E-state index < -0.39 is 5.60 Å². The third-order valence-electron chi connectivity index (χ3n) is 4.21. The molecular weight excluding hydrogens is 232 g/mol. The van der Waals surface area contributed by atoms with E-state index in [1.54, 1.807) is 11.3 Å². The van der Waals surface area contributed by atoms with Crippen LogP contribution in [0.4, 0.5) is 0 Å². The number of hydrogen-bond donors (Lipinski definition) is 1. The fraction of sp³-hybridized carbons (Fsp3) is 0.769. The Hall–Kier alpha value is -0.450. The van der Waals surface area contributed by atoms with E-state index in [-0.39, 0.29) is 0 Å². The van der Waals surface area contributed by atoms with Gasteiger partial charge in [-0.25, -0.2) is 4.98 Å². The first-order valence-electron chi connectivity index (χ1n) is 6.56. The molecule has 3 nitrogen and oxygen atoms in total. The monoisotopic (exact) mass is 252 g/mol. The molecule has 2 aliphatic rings. The number of aliphatic hydroxyl groups is 1. The number of aryl methyl sites for hydroxylation is 1. The van der Waals surface area contributed by atoms with Gasteiger partial charge in [-0.1, -0.05) is 0 Å². The van der Waals surface area contributed by atoms with Crippen LogP contribution in [0, 0.1) is 6.92 Å². The lowest BCUT2D eigenvalue weighted by atomic mass is 9.81.